The fourth-order valence-corrected chi connectivity index (χ4v) is 6.33. The summed E-state index contributed by atoms with van der Waals surface area (Å²) < 4.78 is 0. The van der Waals surface area contributed by atoms with Gasteiger partial charge in [-0.1, -0.05) is 0 Å². The molecule has 0 spiro atoms. The summed E-state index contributed by atoms with van der Waals surface area (Å²) in [5.41, 5.74) is 0. The van der Waals surface area contributed by atoms with E-state index in [1.54, 1.807) is 0 Å². The van der Waals surface area contributed by atoms with Crippen molar-refractivity contribution in [1.82, 2.24) is 0 Å². The molecule has 6 fully saturated rings. The Balaban J connectivity index is 1.78. The van der Waals surface area contributed by atoms with Gasteiger partial charge in [-0.25, -0.2) is 0 Å². The molecule has 1 heteroatoms. The standard InChI is InChI=1S/C12H14O/c13-7-2-1-4-8-5-3-6-11(8)10(4)12(6)9(5)7/h4-6,8-12H,1-3H2/t4-,5-,6+,8?,9-,10-,11+,12?/m0/s1. The molecule has 0 amide bonds. The quantitative estimate of drug-likeness (QED) is 0.546. The molecule has 0 aromatic rings. The molecular weight excluding hydrogens is 160 g/mol. The third-order valence-corrected chi connectivity index (χ3v) is 6.32. The molecule has 0 aliphatic heterocycles. The van der Waals surface area contributed by atoms with E-state index in [1.165, 1.54) is 12.8 Å². The van der Waals surface area contributed by atoms with Crippen LogP contribution < -0.4 is 0 Å². The van der Waals surface area contributed by atoms with Crippen LogP contribution in [0.3, 0.4) is 0 Å². The molecule has 8 atom stereocenters. The predicted molar refractivity (Wildman–Crippen MR) is 46.8 cm³/mol. The van der Waals surface area contributed by atoms with Gasteiger partial charge >= 0.3 is 0 Å². The van der Waals surface area contributed by atoms with E-state index in [1.807, 2.05) is 0 Å². The van der Waals surface area contributed by atoms with Crippen molar-refractivity contribution in [3.05, 3.63) is 0 Å². The largest absolute Gasteiger partial charge is 0.299 e. The molecule has 13 heavy (non-hydrogen) atoms. The number of fused-ring (bicyclic) bond motifs is 2. The summed E-state index contributed by atoms with van der Waals surface area (Å²) in [7, 11) is 0. The summed E-state index contributed by atoms with van der Waals surface area (Å²) in [4.78, 5) is 11.9. The number of carbonyl (C=O) groups is 1. The van der Waals surface area contributed by atoms with Crippen LogP contribution in [0.5, 0.6) is 0 Å². The number of Topliss-reactive ketones (excluding diaryl/α,β-unsaturated/α-hetero) is 1. The van der Waals surface area contributed by atoms with Crippen molar-refractivity contribution in [2.45, 2.75) is 19.3 Å². The fourth-order valence-electron chi connectivity index (χ4n) is 6.33. The smallest absolute Gasteiger partial charge is 0.136 e. The van der Waals surface area contributed by atoms with E-state index in [0.717, 1.165) is 47.8 Å². The highest BCUT2D eigenvalue weighted by molar-refractivity contribution is 5.84. The van der Waals surface area contributed by atoms with Gasteiger partial charge in [-0.2, -0.15) is 0 Å². The van der Waals surface area contributed by atoms with Crippen molar-refractivity contribution >= 4 is 5.78 Å². The van der Waals surface area contributed by atoms with E-state index in [4.69, 9.17) is 0 Å². The van der Waals surface area contributed by atoms with Crippen LogP contribution in [0.2, 0.25) is 0 Å². The second-order valence-corrected chi connectivity index (χ2v) is 6.07. The summed E-state index contributed by atoms with van der Waals surface area (Å²) in [5.74, 6) is 8.27. The molecule has 0 saturated heterocycles. The molecule has 1 nitrogen and oxygen atoms in total. The van der Waals surface area contributed by atoms with Crippen LogP contribution in [-0.4, -0.2) is 5.78 Å². The molecule has 0 radical (unpaired) electrons. The number of ketones is 1. The lowest BCUT2D eigenvalue weighted by Crippen LogP contribution is -2.67. The van der Waals surface area contributed by atoms with Crippen molar-refractivity contribution in [3.8, 4) is 0 Å². The molecular formula is C12H14O. The van der Waals surface area contributed by atoms with Gasteiger partial charge in [0, 0.05) is 12.3 Å². The zero-order valence-electron chi connectivity index (χ0n) is 7.65. The highest BCUT2D eigenvalue weighted by atomic mass is 16.1. The van der Waals surface area contributed by atoms with Crippen LogP contribution in [0, 0.1) is 47.3 Å². The molecule has 68 valence electrons. The molecule has 2 unspecified atom stereocenters. The SMILES string of the molecule is O=C1CC[C@H]2C3[C@@H]4[C@H]2C2[C@@H]4C[C@@H]3[C@@H]12. The van der Waals surface area contributed by atoms with Gasteiger partial charge in [0.1, 0.15) is 5.78 Å². The first-order valence-electron chi connectivity index (χ1n) is 5.90. The van der Waals surface area contributed by atoms with E-state index in [-0.39, 0.29) is 0 Å². The van der Waals surface area contributed by atoms with Crippen LogP contribution in [0.4, 0.5) is 0 Å². The van der Waals surface area contributed by atoms with Gasteiger partial charge in [-0.3, -0.25) is 4.79 Å². The Morgan fingerprint density at radius 3 is 2.62 bits per heavy atom. The zero-order valence-corrected chi connectivity index (χ0v) is 7.65. The van der Waals surface area contributed by atoms with Crippen molar-refractivity contribution < 1.29 is 4.79 Å². The topological polar surface area (TPSA) is 17.1 Å². The lowest BCUT2D eigenvalue weighted by molar-refractivity contribution is -0.227. The maximum absolute atomic E-state index is 11.9. The second kappa shape index (κ2) is 1.51. The van der Waals surface area contributed by atoms with Crippen LogP contribution in [0.15, 0.2) is 0 Å². The van der Waals surface area contributed by atoms with Crippen molar-refractivity contribution in [3.63, 3.8) is 0 Å². The first-order valence-corrected chi connectivity index (χ1v) is 5.90. The van der Waals surface area contributed by atoms with Crippen molar-refractivity contribution in [2.24, 2.45) is 47.3 Å². The maximum Gasteiger partial charge on any atom is 0.136 e. The first kappa shape index (κ1) is 6.21. The Labute approximate surface area is 77.9 Å². The van der Waals surface area contributed by atoms with Gasteiger partial charge in [0.05, 0.1) is 0 Å². The van der Waals surface area contributed by atoms with E-state index >= 15 is 0 Å². The van der Waals surface area contributed by atoms with Crippen LogP contribution in [0.1, 0.15) is 19.3 Å². The summed E-state index contributed by atoms with van der Waals surface area (Å²) in [5, 5.41) is 0. The number of rotatable bonds is 0. The minimum absolute atomic E-state index is 0.573. The van der Waals surface area contributed by atoms with Crippen molar-refractivity contribution in [1.29, 1.82) is 0 Å². The van der Waals surface area contributed by atoms with Crippen LogP contribution in [-0.2, 0) is 4.79 Å². The average molecular weight is 174 g/mol. The minimum atomic E-state index is 0.573. The third kappa shape index (κ3) is 0.393. The Kier molecular flexibility index (Phi) is 0.721. The summed E-state index contributed by atoms with van der Waals surface area (Å²) in [6, 6.07) is 0. The van der Waals surface area contributed by atoms with Gasteiger partial charge < -0.3 is 0 Å². The number of hydrogen-bond donors (Lipinski definition) is 0. The Bertz CT molecular complexity index is 332. The predicted octanol–water partition coefficient (Wildman–Crippen LogP) is 1.72. The lowest BCUT2D eigenvalue weighted by Gasteiger charge is -2.69. The zero-order chi connectivity index (χ0) is 8.32. The van der Waals surface area contributed by atoms with Gasteiger partial charge in [0.25, 0.3) is 0 Å². The minimum Gasteiger partial charge on any atom is -0.299 e. The molecule has 0 heterocycles. The Morgan fingerprint density at radius 2 is 1.77 bits per heavy atom. The van der Waals surface area contributed by atoms with Gasteiger partial charge in [-0.05, 0) is 54.3 Å². The van der Waals surface area contributed by atoms with Crippen LogP contribution in [0.25, 0.3) is 0 Å². The van der Waals surface area contributed by atoms with Crippen molar-refractivity contribution in [2.75, 3.05) is 0 Å². The first-order chi connectivity index (χ1) is 6.38. The summed E-state index contributed by atoms with van der Waals surface area (Å²) >= 11 is 0. The molecule has 6 saturated carbocycles. The number of carbonyl (C=O) groups excluding carboxylic acids is 1. The monoisotopic (exact) mass is 174 g/mol. The normalized spacial score (nSPS) is 74.9. The summed E-state index contributed by atoms with van der Waals surface area (Å²) in [6.07, 6.45) is 3.65. The van der Waals surface area contributed by atoms with E-state index in [2.05, 4.69) is 0 Å². The highest BCUT2D eigenvalue weighted by Crippen LogP contribution is 2.83. The van der Waals surface area contributed by atoms with Gasteiger partial charge in [-0.15, -0.1) is 0 Å². The average Bonchev–Trinajstić information content (AvgIpc) is 2.42. The molecule has 6 aliphatic carbocycles. The Hall–Kier alpha value is -0.330. The fraction of sp³-hybridized carbons (Fsp3) is 0.917. The van der Waals surface area contributed by atoms with E-state index in [9.17, 15) is 4.79 Å². The molecule has 0 N–H and O–H groups in total. The lowest BCUT2D eigenvalue weighted by atomic mass is 9.35. The third-order valence-electron chi connectivity index (χ3n) is 6.32. The summed E-state index contributed by atoms with van der Waals surface area (Å²) in [6.45, 7) is 0. The maximum atomic E-state index is 11.9. The highest BCUT2D eigenvalue weighted by Gasteiger charge is 2.80. The molecule has 4 bridgehead atoms. The molecule has 0 aromatic heterocycles. The Morgan fingerprint density at radius 1 is 0.923 bits per heavy atom. The van der Waals surface area contributed by atoms with Gasteiger partial charge in [0.2, 0.25) is 0 Å². The van der Waals surface area contributed by atoms with Crippen LogP contribution >= 0.6 is 0 Å². The van der Waals surface area contributed by atoms with E-state index in [0.29, 0.717) is 11.7 Å². The second-order valence-electron chi connectivity index (χ2n) is 6.07. The van der Waals surface area contributed by atoms with Gasteiger partial charge in [0.15, 0.2) is 0 Å². The number of hydrogen-bond acceptors (Lipinski definition) is 1. The molecule has 0 aromatic carbocycles. The molecule has 6 aliphatic rings. The van der Waals surface area contributed by atoms with E-state index < -0.39 is 0 Å². The molecule has 6 rings (SSSR count).